The van der Waals surface area contributed by atoms with Gasteiger partial charge in [0.25, 0.3) is 0 Å². The van der Waals surface area contributed by atoms with Gasteiger partial charge in [0.2, 0.25) is 0 Å². The van der Waals surface area contributed by atoms with E-state index in [0.29, 0.717) is 0 Å². The second-order valence-corrected chi connectivity index (χ2v) is 10.2. The number of aliphatic hydroxyl groups is 10. The molecule has 0 aromatic heterocycles. The van der Waals surface area contributed by atoms with Crippen LogP contribution in [0.3, 0.4) is 0 Å². The molecule has 12 N–H and O–H groups in total. The van der Waals surface area contributed by atoms with Crippen LogP contribution >= 0.6 is 7.82 Å². The number of phosphoric ester groups is 1. The number of ether oxygens (including phenoxy) is 5. The van der Waals surface area contributed by atoms with E-state index in [1.165, 1.54) is 0 Å². The second kappa shape index (κ2) is 13.0. The van der Waals surface area contributed by atoms with Gasteiger partial charge in [-0.1, -0.05) is 0 Å². The predicted octanol–water partition coefficient (Wildman–Crippen LogP) is -7.46. The first-order valence-corrected chi connectivity index (χ1v) is 12.9. The van der Waals surface area contributed by atoms with Crippen LogP contribution in [0.15, 0.2) is 0 Å². The molecule has 3 aliphatic rings. The largest absolute Gasteiger partial charge is 0.469 e. The minimum absolute atomic E-state index is 0.760. The average molecular weight is 584 g/mol. The summed E-state index contributed by atoms with van der Waals surface area (Å²) < 4.78 is 41.4. The van der Waals surface area contributed by atoms with Gasteiger partial charge in [0.05, 0.1) is 19.8 Å². The van der Waals surface area contributed by atoms with E-state index >= 15 is 0 Å². The van der Waals surface area contributed by atoms with Crippen molar-refractivity contribution >= 4 is 7.82 Å². The highest BCUT2D eigenvalue weighted by Gasteiger charge is 2.53. The maximum atomic E-state index is 11.0. The lowest BCUT2D eigenvalue weighted by Crippen LogP contribution is -2.66. The zero-order valence-electron chi connectivity index (χ0n) is 19.5. The number of hydrogen-bond acceptors (Lipinski definition) is 17. The zero-order valence-corrected chi connectivity index (χ0v) is 20.3. The second-order valence-electron chi connectivity index (χ2n) is 8.94. The summed E-state index contributed by atoms with van der Waals surface area (Å²) in [6, 6.07) is 0. The molecule has 20 heteroatoms. The molecule has 3 heterocycles. The van der Waals surface area contributed by atoms with E-state index in [1.54, 1.807) is 0 Å². The summed E-state index contributed by atoms with van der Waals surface area (Å²) in [6.45, 7) is -2.61. The lowest BCUT2D eigenvalue weighted by Gasteiger charge is -2.47. The first-order valence-electron chi connectivity index (χ1n) is 11.3. The zero-order chi connectivity index (χ0) is 28.5. The van der Waals surface area contributed by atoms with Crippen LogP contribution in [0.25, 0.3) is 0 Å². The molecule has 0 bridgehead atoms. The van der Waals surface area contributed by atoms with Crippen molar-refractivity contribution < 1.29 is 93.6 Å². The summed E-state index contributed by atoms with van der Waals surface area (Å²) in [5.74, 6) is 0. The third-order valence-electron chi connectivity index (χ3n) is 6.32. The highest BCUT2D eigenvalue weighted by molar-refractivity contribution is 7.46. The molecule has 0 aromatic rings. The molecule has 15 atom stereocenters. The van der Waals surface area contributed by atoms with E-state index in [2.05, 4.69) is 4.52 Å². The van der Waals surface area contributed by atoms with Crippen LogP contribution in [-0.4, -0.2) is 173 Å². The molecule has 3 fully saturated rings. The van der Waals surface area contributed by atoms with E-state index in [9.17, 15) is 55.6 Å². The average Bonchev–Trinajstić information content (AvgIpc) is 2.86. The molecule has 3 aliphatic heterocycles. The predicted molar refractivity (Wildman–Crippen MR) is 112 cm³/mol. The van der Waals surface area contributed by atoms with E-state index in [-0.39, 0.29) is 0 Å². The van der Waals surface area contributed by atoms with Crippen molar-refractivity contribution in [2.24, 2.45) is 0 Å². The van der Waals surface area contributed by atoms with E-state index < -0.39 is 120 Å². The minimum atomic E-state index is -5.03. The molecule has 0 aromatic carbocycles. The Bertz CT molecular complexity index is 800. The summed E-state index contributed by atoms with van der Waals surface area (Å²) in [5, 5.41) is 101. The number of aliphatic hydroxyl groups excluding tert-OH is 10. The normalized spacial score (nSPS) is 48.7. The molecule has 0 spiro atoms. The van der Waals surface area contributed by atoms with Crippen molar-refractivity contribution in [3.63, 3.8) is 0 Å². The summed E-state index contributed by atoms with van der Waals surface area (Å²) in [4.78, 5) is 17.7. The highest BCUT2D eigenvalue weighted by Crippen LogP contribution is 2.37. The van der Waals surface area contributed by atoms with Crippen molar-refractivity contribution in [2.75, 3.05) is 19.8 Å². The molecule has 0 unspecified atom stereocenters. The van der Waals surface area contributed by atoms with Gasteiger partial charge in [-0.05, 0) is 0 Å². The van der Waals surface area contributed by atoms with Crippen LogP contribution in [0, 0.1) is 0 Å². The maximum Gasteiger partial charge on any atom is 0.469 e. The minimum Gasteiger partial charge on any atom is -0.394 e. The molecule has 0 amide bonds. The molecular formula is C18H33O19P. The standard InChI is InChI=1S/C18H33O19P/c19-1-4-7(21)11(25)15(16(28)33-4)37-18-13(27)14(9(23)5(2-20)34-18)36-17-12(26)10(24)8(22)6(35-17)3-32-38(29,30)31/h4-28H,1-3H2,(H2,29,30,31)/t4-,5-,6-,7-,8-,9-,10+,11+,12+,13+,14+,15+,16+,17-,18-/m1/s1. The Labute approximate surface area is 214 Å². The Morgan fingerprint density at radius 3 is 1.66 bits per heavy atom. The van der Waals surface area contributed by atoms with Crippen LogP contribution < -0.4 is 0 Å². The number of hydrogen-bond donors (Lipinski definition) is 12. The third-order valence-corrected chi connectivity index (χ3v) is 6.81. The molecular weight excluding hydrogens is 551 g/mol. The van der Waals surface area contributed by atoms with Crippen LogP contribution in [-0.2, 0) is 32.8 Å². The fraction of sp³-hybridized carbons (Fsp3) is 1.00. The molecule has 224 valence electrons. The Morgan fingerprint density at radius 1 is 0.579 bits per heavy atom. The van der Waals surface area contributed by atoms with E-state index in [1.807, 2.05) is 0 Å². The SMILES string of the molecule is O=P(O)(O)OC[C@H]1O[C@H](O[C@@H]2[C@H](O)[C@@H](O[C@H]3[C@@H](O)[C@H](O)[C@@H](CO)O[C@@H]3O)O[C@H](CO)[C@H]2O)[C@@H](O)[C@@H](O)[C@@H]1O. The van der Waals surface area contributed by atoms with Crippen molar-refractivity contribution in [1.82, 2.24) is 0 Å². The van der Waals surface area contributed by atoms with Crippen molar-refractivity contribution in [3.05, 3.63) is 0 Å². The van der Waals surface area contributed by atoms with Gasteiger partial charge in [0, 0.05) is 0 Å². The van der Waals surface area contributed by atoms with Gasteiger partial charge in [-0.3, -0.25) is 4.52 Å². The van der Waals surface area contributed by atoms with Gasteiger partial charge >= 0.3 is 7.82 Å². The molecule has 3 rings (SSSR count). The quantitative estimate of drug-likeness (QED) is 0.112. The topological polar surface area (TPSA) is 315 Å². The van der Waals surface area contributed by atoms with Crippen LogP contribution in [0.5, 0.6) is 0 Å². The van der Waals surface area contributed by atoms with Crippen LogP contribution in [0.2, 0.25) is 0 Å². The molecule has 38 heavy (non-hydrogen) atoms. The van der Waals surface area contributed by atoms with Crippen LogP contribution in [0.1, 0.15) is 0 Å². The van der Waals surface area contributed by atoms with Crippen molar-refractivity contribution in [1.29, 1.82) is 0 Å². The van der Waals surface area contributed by atoms with Gasteiger partial charge in [0.1, 0.15) is 73.2 Å². The van der Waals surface area contributed by atoms with Gasteiger partial charge < -0.3 is 84.5 Å². The van der Waals surface area contributed by atoms with Crippen molar-refractivity contribution in [3.8, 4) is 0 Å². The lowest BCUT2D eigenvalue weighted by atomic mass is 9.96. The van der Waals surface area contributed by atoms with Gasteiger partial charge in [-0.25, -0.2) is 4.57 Å². The van der Waals surface area contributed by atoms with E-state index in [4.69, 9.17) is 33.5 Å². The summed E-state index contributed by atoms with van der Waals surface area (Å²) in [6.07, 6.45) is -27.3. The molecule has 0 radical (unpaired) electrons. The summed E-state index contributed by atoms with van der Waals surface area (Å²) in [5.41, 5.74) is 0. The number of rotatable bonds is 9. The first kappa shape index (κ1) is 32.0. The summed E-state index contributed by atoms with van der Waals surface area (Å²) in [7, 11) is -5.03. The first-order chi connectivity index (χ1) is 17.7. The molecule has 0 saturated carbocycles. The summed E-state index contributed by atoms with van der Waals surface area (Å²) >= 11 is 0. The molecule has 3 saturated heterocycles. The Morgan fingerprint density at radius 2 is 1.08 bits per heavy atom. The molecule has 19 nitrogen and oxygen atoms in total. The lowest BCUT2D eigenvalue weighted by molar-refractivity contribution is -0.382. The van der Waals surface area contributed by atoms with Crippen LogP contribution in [0.4, 0.5) is 0 Å². The Kier molecular flexibility index (Phi) is 11.0. The Balaban J connectivity index is 1.76. The van der Waals surface area contributed by atoms with Crippen molar-refractivity contribution in [2.45, 2.75) is 92.1 Å². The fourth-order valence-electron chi connectivity index (χ4n) is 4.19. The monoisotopic (exact) mass is 584 g/mol. The third kappa shape index (κ3) is 7.04. The smallest absolute Gasteiger partial charge is 0.394 e. The van der Waals surface area contributed by atoms with Gasteiger partial charge in [-0.15, -0.1) is 0 Å². The van der Waals surface area contributed by atoms with Gasteiger partial charge in [0.15, 0.2) is 18.9 Å². The highest BCUT2D eigenvalue weighted by atomic mass is 31.2. The van der Waals surface area contributed by atoms with E-state index in [0.717, 1.165) is 0 Å². The fourth-order valence-corrected chi connectivity index (χ4v) is 4.53. The Hall–Kier alpha value is -0.490. The maximum absolute atomic E-state index is 11.0. The number of phosphoric acid groups is 1. The molecule has 0 aliphatic carbocycles. The van der Waals surface area contributed by atoms with Gasteiger partial charge in [-0.2, -0.15) is 0 Å².